The summed E-state index contributed by atoms with van der Waals surface area (Å²) < 4.78 is 13.7. The van der Waals surface area contributed by atoms with Crippen LogP contribution < -0.4 is 10.6 Å². The van der Waals surface area contributed by atoms with Gasteiger partial charge in [-0.15, -0.1) is 0 Å². The van der Waals surface area contributed by atoms with Gasteiger partial charge in [-0.1, -0.05) is 24.3 Å². The summed E-state index contributed by atoms with van der Waals surface area (Å²) in [6.45, 7) is 1.43. The van der Waals surface area contributed by atoms with Crippen molar-refractivity contribution >= 4 is 17.7 Å². The molecule has 0 saturated heterocycles. The second-order valence-corrected chi connectivity index (χ2v) is 6.77. The molecule has 126 valence electrons. The lowest BCUT2D eigenvalue weighted by atomic mass is 9.94. The lowest BCUT2D eigenvalue weighted by Crippen LogP contribution is -2.38. The molecule has 3 rings (SSSR count). The van der Waals surface area contributed by atoms with Crippen molar-refractivity contribution in [1.82, 2.24) is 10.6 Å². The van der Waals surface area contributed by atoms with Gasteiger partial charge in [0.1, 0.15) is 5.82 Å². The average Bonchev–Trinajstić information content (AvgIpc) is 2.61. The summed E-state index contributed by atoms with van der Waals surface area (Å²) in [5, 5.41) is 6.41. The Bertz CT molecular complexity index is 735. The lowest BCUT2D eigenvalue weighted by molar-refractivity contribution is 0.0949. The number of carbonyl (C=O) groups excluding carboxylic acids is 1. The third kappa shape index (κ3) is 3.79. The first kappa shape index (κ1) is 17.0. The third-order valence-corrected chi connectivity index (χ3v) is 4.89. The van der Waals surface area contributed by atoms with E-state index in [1.807, 2.05) is 18.4 Å². The highest BCUT2D eigenvalue weighted by Gasteiger charge is 2.20. The zero-order chi connectivity index (χ0) is 16.9. The molecule has 1 unspecified atom stereocenters. The number of fused-ring (bicyclic) bond motifs is 1. The fraction of sp³-hybridized carbons (Fsp3) is 0.316. The molecule has 0 aliphatic carbocycles. The van der Waals surface area contributed by atoms with E-state index < -0.39 is 0 Å². The molecule has 1 amide bonds. The molecular formula is C19H21FN2OS. The SMILES string of the molecule is CSCc1cc(C(=O)NCC2NCCc3ccccc32)ccc1F. The van der Waals surface area contributed by atoms with E-state index in [1.165, 1.54) is 35.0 Å². The monoisotopic (exact) mass is 344 g/mol. The van der Waals surface area contributed by atoms with Crippen LogP contribution in [-0.2, 0) is 12.2 Å². The summed E-state index contributed by atoms with van der Waals surface area (Å²) in [7, 11) is 0. The topological polar surface area (TPSA) is 41.1 Å². The van der Waals surface area contributed by atoms with Crippen molar-refractivity contribution in [3.05, 3.63) is 70.5 Å². The van der Waals surface area contributed by atoms with Crippen LogP contribution in [0, 0.1) is 5.82 Å². The normalized spacial score (nSPS) is 16.5. The molecular weight excluding hydrogens is 323 g/mol. The fourth-order valence-corrected chi connectivity index (χ4v) is 3.59. The van der Waals surface area contributed by atoms with Crippen molar-refractivity contribution in [2.75, 3.05) is 19.3 Å². The standard InChI is InChI=1S/C19H21FN2OS/c1-24-12-15-10-14(6-7-17(15)20)19(23)22-11-18-16-5-3-2-4-13(16)8-9-21-18/h2-7,10,18,21H,8-9,11-12H2,1H3,(H,22,23). The van der Waals surface area contributed by atoms with Crippen LogP contribution in [0.15, 0.2) is 42.5 Å². The molecule has 0 aromatic heterocycles. The van der Waals surface area contributed by atoms with E-state index >= 15 is 0 Å². The van der Waals surface area contributed by atoms with Crippen molar-refractivity contribution in [2.45, 2.75) is 18.2 Å². The Labute approximate surface area is 146 Å². The number of hydrogen-bond acceptors (Lipinski definition) is 3. The molecule has 24 heavy (non-hydrogen) atoms. The van der Waals surface area contributed by atoms with E-state index in [-0.39, 0.29) is 17.8 Å². The molecule has 3 nitrogen and oxygen atoms in total. The fourth-order valence-electron chi connectivity index (χ4n) is 3.05. The number of nitrogens with one attached hydrogen (secondary N) is 2. The van der Waals surface area contributed by atoms with Crippen LogP contribution in [-0.4, -0.2) is 25.3 Å². The quantitative estimate of drug-likeness (QED) is 0.874. The molecule has 2 N–H and O–H groups in total. The Morgan fingerprint density at radius 3 is 3.00 bits per heavy atom. The van der Waals surface area contributed by atoms with Gasteiger partial charge in [-0.2, -0.15) is 11.8 Å². The maximum atomic E-state index is 13.7. The highest BCUT2D eigenvalue weighted by Crippen LogP contribution is 2.22. The van der Waals surface area contributed by atoms with Crippen molar-refractivity contribution in [2.24, 2.45) is 0 Å². The van der Waals surface area contributed by atoms with Gasteiger partial charge in [0, 0.05) is 23.9 Å². The van der Waals surface area contributed by atoms with Crippen molar-refractivity contribution in [3.8, 4) is 0 Å². The first-order valence-electron chi connectivity index (χ1n) is 8.06. The van der Waals surface area contributed by atoms with E-state index in [4.69, 9.17) is 0 Å². The first-order chi connectivity index (χ1) is 11.7. The minimum atomic E-state index is -0.260. The summed E-state index contributed by atoms with van der Waals surface area (Å²) in [5.41, 5.74) is 3.64. The maximum Gasteiger partial charge on any atom is 0.251 e. The molecule has 1 aliphatic heterocycles. The Morgan fingerprint density at radius 2 is 2.17 bits per heavy atom. The van der Waals surface area contributed by atoms with Gasteiger partial charge in [-0.05, 0) is 54.1 Å². The number of carbonyl (C=O) groups is 1. The van der Waals surface area contributed by atoms with Gasteiger partial charge in [0.25, 0.3) is 5.91 Å². The third-order valence-electron chi connectivity index (χ3n) is 4.29. The molecule has 1 atom stereocenters. The van der Waals surface area contributed by atoms with Crippen LogP contribution in [0.4, 0.5) is 4.39 Å². The molecule has 0 fully saturated rings. The van der Waals surface area contributed by atoms with Gasteiger partial charge in [0.15, 0.2) is 0 Å². The number of amides is 1. The predicted molar refractivity (Wildman–Crippen MR) is 96.8 cm³/mol. The zero-order valence-corrected chi connectivity index (χ0v) is 14.5. The lowest BCUT2D eigenvalue weighted by Gasteiger charge is -2.27. The number of hydrogen-bond donors (Lipinski definition) is 2. The highest BCUT2D eigenvalue weighted by atomic mass is 32.2. The van der Waals surface area contributed by atoms with Gasteiger partial charge < -0.3 is 10.6 Å². The van der Waals surface area contributed by atoms with Crippen molar-refractivity contribution < 1.29 is 9.18 Å². The summed E-state index contributed by atoms with van der Waals surface area (Å²) >= 11 is 1.54. The van der Waals surface area contributed by atoms with Gasteiger partial charge in [-0.3, -0.25) is 4.79 Å². The van der Waals surface area contributed by atoms with Gasteiger partial charge in [0.2, 0.25) is 0 Å². The van der Waals surface area contributed by atoms with Crippen LogP contribution in [0.1, 0.15) is 33.1 Å². The van der Waals surface area contributed by atoms with E-state index in [2.05, 4.69) is 22.8 Å². The molecule has 0 bridgehead atoms. The number of rotatable bonds is 5. The van der Waals surface area contributed by atoms with Crippen LogP contribution in [0.3, 0.4) is 0 Å². The Hall–Kier alpha value is -1.85. The van der Waals surface area contributed by atoms with Crippen LogP contribution in [0.2, 0.25) is 0 Å². The number of halogens is 1. The molecule has 1 aliphatic rings. The van der Waals surface area contributed by atoms with E-state index in [9.17, 15) is 9.18 Å². The van der Waals surface area contributed by atoms with E-state index in [1.54, 1.807) is 6.07 Å². The van der Waals surface area contributed by atoms with E-state index in [0.717, 1.165) is 13.0 Å². The molecule has 0 saturated carbocycles. The Balaban J connectivity index is 1.67. The van der Waals surface area contributed by atoms with Crippen LogP contribution >= 0.6 is 11.8 Å². The second-order valence-electron chi connectivity index (χ2n) is 5.90. The maximum absolute atomic E-state index is 13.7. The summed E-state index contributed by atoms with van der Waals surface area (Å²) in [5.74, 6) is 0.135. The summed E-state index contributed by atoms with van der Waals surface area (Å²) in [6, 6.07) is 13.0. The highest BCUT2D eigenvalue weighted by molar-refractivity contribution is 7.97. The van der Waals surface area contributed by atoms with Gasteiger partial charge in [0.05, 0.1) is 0 Å². The van der Waals surface area contributed by atoms with Crippen molar-refractivity contribution in [3.63, 3.8) is 0 Å². The smallest absolute Gasteiger partial charge is 0.251 e. The van der Waals surface area contributed by atoms with Crippen molar-refractivity contribution in [1.29, 1.82) is 0 Å². The first-order valence-corrected chi connectivity index (χ1v) is 9.45. The number of benzene rings is 2. The molecule has 2 aromatic rings. The second kappa shape index (κ2) is 7.81. The number of thioether (sulfide) groups is 1. The molecule has 1 heterocycles. The van der Waals surface area contributed by atoms with Gasteiger partial charge >= 0.3 is 0 Å². The molecule has 2 aromatic carbocycles. The summed E-state index contributed by atoms with van der Waals surface area (Å²) in [4.78, 5) is 12.4. The Morgan fingerprint density at radius 1 is 1.33 bits per heavy atom. The molecule has 5 heteroatoms. The van der Waals surface area contributed by atoms with Crippen LogP contribution in [0.5, 0.6) is 0 Å². The largest absolute Gasteiger partial charge is 0.350 e. The average molecular weight is 344 g/mol. The van der Waals surface area contributed by atoms with Gasteiger partial charge in [-0.25, -0.2) is 4.39 Å². The summed E-state index contributed by atoms with van der Waals surface area (Å²) in [6.07, 6.45) is 2.93. The zero-order valence-electron chi connectivity index (χ0n) is 13.6. The molecule has 0 radical (unpaired) electrons. The minimum Gasteiger partial charge on any atom is -0.350 e. The Kier molecular flexibility index (Phi) is 5.53. The van der Waals surface area contributed by atoms with Crippen LogP contribution in [0.25, 0.3) is 0 Å². The minimum absolute atomic E-state index is 0.116. The van der Waals surface area contributed by atoms with E-state index in [0.29, 0.717) is 23.4 Å². The molecule has 0 spiro atoms. The predicted octanol–water partition coefficient (Wildman–Crippen LogP) is 3.31.